The van der Waals surface area contributed by atoms with Gasteiger partial charge in [-0.1, -0.05) is 6.07 Å². The van der Waals surface area contributed by atoms with E-state index < -0.39 is 21.7 Å². The number of hydrogen-bond acceptors (Lipinski definition) is 6. The highest BCUT2D eigenvalue weighted by molar-refractivity contribution is 7.91. The Morgan fingerprint density at radius 2 is 2.16 bits per heavy atom. The maximum atomic E-state index is 12.2. The van der Waals surface area contributed by atoms with Gasteiger partial charge >= 0.3 is 5.97 Å². The van der Waals surface area contributed by atoms with Crippen LogP contribution in [0.2, 0.25) is 0 Å². The number of nitrogens with zero attached hydrogens (tertiary/aromatic N) is 2. The lowest BCUT2D eigenvalue weighted by Gasteiger charge is -2.21. The molecule has 0 saturated carbocycles. The van der Waals surface area contributed by atoms with Crippen LogP contribution >= 0.6 is 0 Å². The molecule has 1 aromatic carbocycles. The van der Waals surface area contributed by atoms with Crippen molar-refractivity contribution in [2.75, 3.05) is 23.9 Å². The van der Waals surface area contributed by atoms with Gasteiger partial charge in [0, 0.05) is 25.0 Å². The zero-order valence-corrected chi connectivity index (χ0v) is 14.3. The van der Waals surface area contributed by atoms with Gasteiger partial charge in [-0.3, -0.25) is 4.79 Å². The van der Waals surface area contributed by atoms with E-state index in [1.807, 2.05) is 0 Å². The second kappa shape index (κ2) is 7.36. The Kier molecular flexibility index (Phi) is 5.44. The zero-order valence-electron chi connectivity index (χ0n) is 13.5. The number of hydrogen-bond donors (Lipinski definition) is 2. The molecule has 1 unspecified atom stereocenters. The van der Waals surface area contributed by atoms with Crippen molar-refractivity contribution in [1.29, 1.82) is 5.26 Å². The van der Waals surface area contributed by atoms with Gasteiger partial charge in [-0.05, 0) is 24.6 Å². The average molecular weight is 363 g/mol. The van der Waals surface area contributed by atoms with Crippen LogP contribution < -0.4 is 5.32 Å². The van der Waals surface area contributed by atoms with Crippen LogP contribution in [-0.2, 0) is 14.6 Å². The number of nitrogens with one attached hydrogen (secondary N) is 1. The molecule has 0 spiro atoms. The predicted molar refractivity (Wildman–Crippen MR) is 90.5 cm³/mol. The molecule has 1 heterocycles. The Balaban J connectivity index is 2.12. The Hall–Kier alpha value is -2.86. The van der Waals surface area contributed by atoms with Crippen molar-refractivity contribution in [3.8, 4) is 6.07 Å². The third-order valence-corrected chi connectivity index (χ3v) is 5.60. The maximum Gasteiger partial charge on any atom is 0.335 e. The van der Waals surface area contributed by atoms with Crippen molar-refractivity contribution in [3.63, 3.8) is 0 Å². The first kappa shape index (κ1) is 18.5. The number of carbonyl (C=O) groups excluding carboxylic acids is 1. The van der Waals surface area contributed by atoms with E-state index in [4.69, 9.17) is 5.11 Å². The maximum absolute atomic E-state index is 12.2. The monoisotopic (exact) mass is 363 g/mol. The SMILES string of the molecule is CN(/C=C(/C#N)C(=O)Nc1cccc(C(=O)O)c1)C1CCS(=O)(=O)C1. The third-order valence-electron chi connectivity index (χ3n) is 3.85. The first-order valence-corrected chi connectivity index (χ1v) is 9.23. The average Bonchev–Trinajstić information content (AvgIpc) is 2.92. The van der Waals surface area contributed by atoms with Gasteiger partial charge in [-0.15, -0.1) is 0 Å². The molecular weight excluding hydrogens is 346 g/mol. The Labute approximate surface area is 145 Å². The Morgan fingerprint density at radius 1 is 1.44 bits per heavy atom. The van der Waals surface area contributed by atoms with Gasteiger partial charge in [0.2, 0.25) is 0 Å². The number of carboxylic acids is 1. The summed E-state index contributed by atoms with van der Waals surface area (Å²) in [6, 6.07) is 7.14. The summed E-state index contributed by atoms with van der Waals surface area (Å²) in [4.78, 5) is 24.7. The fraction of sp³-hybridized carbons (Fsp3) is 0.312. The lowest BCUT2D eigenvalue weighted by molar-refractivity contribution is -0.112. The molecule has 132 valence electrons. The number of carbonyl (C=O) groups is 2. The van der Waals surface area contributed by atoms with Crippen molar-refractivity contribution in [2.45, 2.75) is 12.5 Å². The molecular formula is C16H17N3O5S. The van der Waals surface area contributed by atoms with Crippen molar-refractivity contribution < 1.29 is 23.1 Å². The molecule has 1 fully saturated rings. The molecule has 1 atom stereocenters. The minimum absolute atomic E-state index is 0.00793. The molecule has 0 aromatic heterocycles. The molecule has 1 aliphatic heterocycles. The first-order valence-electron chi connectivity index (χ1n) is 7.41. The Bertz CT molecular complexity index is 870. The summed E-state index contributed by atoms with van der Waals surface area (Å²) < 4.78 is 23.0. The van der Waals surface area contributed by atoms with E-state index in [1.54, 1.807) is 18.0 Å². The van der Waals surface area contributed by atoms with E-state index in [0.29, 0.717) is 6.42 Å². The van der Waals surface area contributed by atoms with Crippen LogP contribution in [-0.4, -0.2) is 54.9 Å². The highest BCUT2D eigenvalue weighted by Crippen LogP contribution is 2.18. The lowest BCUT2D eigenvalue weighted by Crippen LogP contribution is -2.29. The van der Waals surface area contributed by atoms with Gasteiger partial charge in [-0.2, -0.15) is 5.26 Å². The van der Waals surface area contributed by atoms with Gasteiger partial charge in [-0.25, -0.2) is 13.2 Å². The van der Waals surface area contributed by atoms with Crippen molar-refractivity contribution in [1.82, 2.24) is 4.90 Å². The zero-order chi connectivity index (χ0) is 18.6. The van der Waals surface area contributed by atoms with Crippen molar-refractivity contribution in [3.05, 3.63) is 41.6 Å². The number of nitriles is 1. The number of carboxylic acid groups (broad SMARTS) is 1. The normalized spacial score (nSPS) is 19.0. The summed E-state index contributed by atoms with van der Waals surface area (Å²) in [6.07, 6.45) is 1.75. The Morgan fingerprint density at radius 3 is 2.72 bits per heavy atom. The number of rotatable bonds is 5. The van der Waals surface area contributed by atoms with Gasteiger partial charge in [0.15, 0.2) is 9.84 Å². The molecule has 9 heteroatoms. The molecule has 2 N–H and O–H groups in total. The topological polar surface area (TPSA) is 128 Å². The molecule has 1 amide bonds. The van der Waals surface area contributed by atoms with E-state index in [-0.39, 0.29) is 34.4 Å². The fourth-order valence-corrected chi connectivity index (χ4v) is 4.26. The van der Waals surface area contributed by atoms with Crippen LogP contribution in [0.1, 0.15) is 16.8 Å². The molecule has 8 nitrogen and oxygen atoms in total. The van der Waals surface area contributed by atoms with E-state index in [9.17, 15) is 23.3 Å². The molecule has 25 heavy (non-hydrogen) atoms. The minimum Gasteiger partial charge on any atom is -0.478 e. The minimum atomic E-state index is -3.07. The van der Waals surface area contributed by atoms with E-state index in [0.717, 1.165) is 0 Å². The van der Waals surface area contributed by atoms with Gasteiger partial charge in [0.1, 0.15) is 11.6 Å². The molecule has 2 rings (SSSR count). The van der Waals surface area contributed by atoms with E-state index in [2.05, 4.69) is 5.32 Å². The van der Waals surface area contributed by atoms with Crippen molar-refractivity contribution in [2.24, 2.45) is 0 Å². The fourth-order valence-electron chi connectivity index (χ4n) is 2.47. The van der Waals surface area contributed by atoms with E-state index >= 15 is 0 Å². The smallest absolute Gasteiger partial charge is 0.335 e. The predicted octanol–water partition coefficient (Wildman–Crippen LogP) is 0.850. The summed E-state index contributed by atoms with van der Waals surface area (Å²) in [6.45, 7) is 0. The summed E-state index contributed by atoms with van der Waals surface area (Å²) in [5, 5.41) is 20.6. The summed E-state index contributed by atoms with van der Waals surface area (Å²) in [7, 11) is -1.46. The first-order chi connectivity index (χ1) is 11.7. The number of benzene rings is 1. The van der Waals surface area contributed by atoms with Gasteiger partial charge in [0.05, 0.1) is 17.1 Å². The highest BCUT2D eigenvalue weighted by Gasteiger charge is 2.30. The molecule has 1 saturated heterocycles. The number of aromatic carboxylic acids is 1. The van der Waals surface area contributed by atoms with Crippen LogP contribution in [0.25, 0.3) is 0 Å². The van der Waals surface area contributed by atoms with Gasteiger partial charge < -0.3 is 15.3 Å². The lowest BCUT2D eigenvalue weighted by atomic mass is 10.2. The van der Waals surface area contributed by atoms with Crippen LogP contribution in [0.4, 0.5) is 5.69 Å². The van der Waals surface area contributed by atoms with Crippen LogP contribution in [0.3, 0.4) is 0 Å². The summed E-state index contributed by atoms with van der Waals surface area (Å²) in [5.74, 6) is -1.75. The van der Waals surface area contributed by atoms with Crippen LogP contribution in [0, 0.1) is 11.3 Å². The van der Waals surface area contributed by atoms with Crippen LogP contribution in [0.15, 0.2) is 36.0 Å². The molecule has 0 bridgehead atoms. The third kappa shape index (κ3) is 4.81. The molecule has 1 aliphatic rings. The second-order valence-corrected chi connectivity index (χ2v) is 7.95. The standard InChI is InChI=1S/C16H17N3O5S/c1-19(14-5-6-25(23,24)10-14)9-12(8-17)15(20)18-13-4-2-3-11(7-13)16(21)22/h2-4,7,9,14H,5-6,10H2,1H3,(H,18,20)(H,21,22)/b12-9-. The number of sulfone groups is 1. The molecule has 0 radical (unpaired) electrons. The second-order valence-electron chi connectivity index (χ2n) is 5.72. The van der Waals surface area contributed by atoms with Gasteiger partial charge in [0.25, 0.3) is 5.91 Å². The van der Waals surface area contributed by atoms with E-state index in [1.165, 1.54) is 30.5 Å². The molecule has 0 aliphatic carbocycles. The van der Waals surface area contributed by atoms with Crippen molar-refractivity contribution >= 4 is 27.4 Å². The quantitative estimate of drug-likeness (QED) is 0.586. The number of amides is 1. The summed E-state index contributed by atoms with van der Waals surface area (Å²) >= 11 is 0. The largest absolute Gasteiger partial charge is 0.478 e. The number of anilines is 1. The molecule has 1 aromatic rings. The summed E-state index contributed by atoms with van der Waals surface area (Å²) in [5.41, 5.74) is 0.0539. The highest BCUT2D eigenvalue weighted by atomic mass is 32.2. The van der Waals surface area contributed by atoms with Crippen LogP contribution in [0.5, 0.6) is 0 Å².